The van der Waals surface area contributed by atoms with Crippen LogP contribution in [0.4, 0.5) is 0 Å². The average Bonchev–Trinajstić information content (AvgIpc) is 2.48. The van der Waals surface area contributed by atoms with Crippen LogP contribution in [0.1, 0.15) is 10.4 Å². The molecule has 0 saturated heterocycles. The second-order valence-electron chi connectivity index (χ2n) is 4.45. The number of nitrogens with zero attached hydrogens (tertiary/aromatic N) is 1. The summed E-state index contributed by atoms with van der Waals surface area (Å²) in [6, 6.07) is 5.40. The maximum Gasteiger partial charge on any atom is 0.328 e. The maximum atomic E-state index is 11.9. The summed E-state index contributed by atoms with van der Waals surface area (Å²) < 4.78 is 5.75. The highest BCUT2D eigenvalue weighted by atomic mass is 35.5. The Morgan fingerprint density at radius 3 is 2.57 bits per heavy atom. The lowest BCUT2D eigenvalue weighted by molar-refractivity contribution is -0.143. The van der Waals surface area contributed by atoms with E-state index in [1.165, 1.54) is 18.2 Å². The van der Waals surface area contributed by atoms with Gasteiger partial charge in [-0.25, -0.2) is 4.79 Å². The zero-order chi connectivity index (χ0) is 17.0. The number of carbonyl (C=O) groups excluding carboxylic acids is 2. The Kier molecular flexibility index (Phi) is 5.36. The lowest BCUT2D eigenvalue weighted by Crippen LogP contribution is -2.31. The molecule has 0 atom stereocenters. The normalized spacial score (nSPS) is 10.3. The third-order valence-electron chi connectivity index (χ3n) is 2.79. The summed E-state index contributed by atoms with van der Waals surface area (Å²) in [6.07, 6.45) is 1.15. The van der Waals surface area contributed by atoms with Gasteiger partial charge in [-0.05, 0) is 18.2 Å². The number of benzene rings is 1. The molecule has 9 heteroatoms. The minimum atomic E-state index is -0.808. The molecular formula is C14H10Cl2N2O5. The van der Waals surface area contributed by atoms with E-state index in [0.29, 0.717) is 5.02 Å². The Hall–Kier alpha value is -2.38. The predicted octanol–water partition coefficient (Wildman–Crippen LogP) is 1.27. The zero-order valence-corrected chi connectivity index (χ0v) is 13.1. The van der Waals surface area contributed by atoms with Crippen LogP contribution in [0.2, 0.25) is 10.0 Å². The van der Waals surface area contributed by atoms with Gasteiger partial charge in [0.05, 0.1) is 5.02 Å². The van der Waals surface area contributed by atoms with Crippen LogP contribution in [-0.4, -0.2) is 27.9 Å². The van der Waals surface area contributed by atoms with Gasteiger partial charge in [0, 0.05) is 22.8 Å². The van der Waals surface area contributed by atoms with Crippen molar-refractivity contribution in [1.29, 1.82) is 0 Å². The number of ether oxygens (including phenoxy) is 1. The minimum absolute atomic E-state index is 0.149. The second kappa shape index (κ2) is 7.26. The van der Waals surface area contributed by atoms with Crippen molar-refractivity contribution in [2.45, 2.75) is 6.54 Å². The number of esters is 1. The van der Waals surface area contributed by atoms with E-state index in [-0.39, 0.29) is 10.6 Å². The SMILES string of the molecule is O=C(Cn1ccc(=O)[nH]c1=O)OCC(=O)c1ccc(Cl)cc1Cl. The van der Waals surface area contributed by atoms with E-state index in [1.54, 1.807) is 0 Å². The summed E-state index contributed by atoms with van der Waals surface area (Å²) in [7, 11) is 0. The molecule has 0 radical (unpaired) electrons. The molecular weight excluding hydrogens is 347 g/mol. The molecule has 1 aromatic heterocycles. The van der Waals surface area contributed by atoms with Crippen LogP contribution in [0.15, 0.2) is 40.1 Å². The first kappa shape index (κ1) is 17.0. The zero-order valence-electron chi connectivity index (χ0n) is 11.5. The summed E-state index contributed by atoms with van der Waals surface area (Å²) in [4.78, 5) is 47.9. The van der Waals surface area contributed by atoms with Crippen molar-refractivity contribution in [1.82, 2.24) is 9.55 Å². The number of nitrogens with one attached hydrogen (secondary N) is 1. The highest BCUT2D eigenvalue weighted by Crippen LogP contribution is 2.21. The van der Waals surface area contributed by atoms with E-state index in [4.69, 9.17) is 27.9 Å². The van der Waals surface area contributed by atoms with Crippen LogP contribution in [0.3, 0.4) is 0 Å². The van der Waals surface area contributed by atoms with Crippen LogP contribution < -0.4 is 11.2 Å². The van der Waals surface area contributed by atoms with Crippen LogP contribution >= 0.6 is 23.2 Å². The third-order valence-corrected chi connectivity index (χ3v) is 3.34. The van der Waals surface area contributed by atoms with Gasteiger partial charge < -0.3 is 4.74 Å². The van der Waals surface area contributed by atoms with Gasteiger partial charge in [-0.15, -0.1) is 0 Å². The van der Waals surface area contributed by atoms with Crippen LogP contribution in [-0.2, 0) is 16.1 Å². The average molecular weight is 357 g/mol. The van der Waals surface area contributed by atoms with Crippen molar-refractivity contribution in [3.05, 3.63) is 66.9 Å². The van der Waals surface area contributed by atoms with Crippen molar-refractivity contribution in [3.63, 3.8) is 0 Å². The van der Waals surface area contributed by atoms with E-state index in [0.717, 1.165) is 16.8 Å². The first-order valence-corrected chi connectivity index (χ1v) is 7.06. The fourth-order valence-corrected chi connectivity index (χ4v) is 2.21. The maximum absolute atomic E-state index is 11.9. The smallest absolute Gasteiger partial charge is 0.328 e. The molecule has 0 bridgehead atoms. The summed E-state index contributed by atoms with van der Waals surface area (Å²) in [6.45, 7) is -0.963. The van der Waals surface area contributed by atoms with E-state index >= 15 is 0 Å². The van der Waals surface area contributed by atoms with Gasteiger partial charge in [-0.1, -0.05) is 23.2 Å². The van der Waals surface area contributed by atoms with Gasteiger partial charge in [0.15, 0.2) is 6.61 Å². The number of ketones is 1. The number of hydrogen-bond donors (Lipinski definition) is 1. The number of rotatable bonds is 5. The number of aromatic nitrogens is 2. The van der Waals surface area contributed by atoms with Gasteiger partial charge in [0.25, 0.3) is 5.56 Å². The van der Waals surface area contributed by atoms with Crippen LogP contribution in [0, 0.1) is 0 Å². The van der Waals surface area contributed by atoms with Gasteiger partial charge in [0.2, 0.25) is 5.78 Å². The van der Waals surface area contributed by atoms with Gasteiger partial charge in [-0.2, -0.15) is 0 Å². The topological polar surface area (TPSA) is 98.2 Å². The predicted molar refractivity (Wildman–Crippen MR) is 83.1 cm³/mol. The van der Waals surface area contributed by atoms with Crippen LogP contribution in [0.25, 0.3) is 0 Å². The van der Waals surface area contributed by atoms with Crippen molar-refractivity contribution in [2.75, 3.05) is 6.61 Å². The minimum Gasteiger partial charge on any atom is -0.456 e. The van der Waals surface area contributed by atoms with Crippen molar-refractivity contribution in [2.24, 2.45) is 0 Å². The molecule has 2 rings (SSSR count). The third kappa shape index (κ3) is 4.54. The van der Waals surface area contributed by atoms with Crippen molar-refractivity contribution in [3.8, 4) is 0 Å². The molecule has 23 heavy (non-hydrogen) atoms. The molecule has 7 nitrogen and oxygen atoms in total. The number of Topliss-reactive ketones (excluding diaryl/α,β-unsaturated/α-hetero) is 1. The van der Waals surface area contributed by atoms with Gasteiger partial charge >= 0.3 is 11.7 Å². The molecule has 2 aromatic rings. The number of H-pyrrole nitrogens is 1. The molecule has 1 aromatic carbocycles. The molecule has 0 aliphatic heterocycles. The lowest BCUT2D eigenvalue weighted by Gasteiger charge is -2.07. The number of halogens is 2. The standard InChI is InChI=1S/C14H10Cl2N2O5/c15-8-1-2-9(10(16)5-8)11(19)7-23-13(21)6-18-4-3-12(20)17-14(18)22/h1-5H,6-7H2,(H,17,20,22). The van der Waals surface area contributed by atoms with Crippen molar-refractivity contribution < 1.29 is 14.3 Å². The molecule has 1 heterocycles. The number of carbonyl (C=O) groups is 2. The highest BCUT2D eigenvalue weighted by Gasteiger charge is 2.14. The second-order valence-corrected chi connectivity index (χ2v) is 5.29. The molecule has 0 fully saturated rings. The molecule has 0 amide bonds. The molecule has 0 saturated carbocycles. The molecule has 0 aliphatic rings. The van der Waals surface area contributed by atoms with Crippen molar-refractivity contribution >= 4 is 35.0 Å². The number of aromatic amines is 1. The summed E-state index contributed by atoms with van der Waals surface area (Å²) in [5, 5.41) is 0.524. The number of hydrogen-bond acceptors (Lipinski definition) is 5. The Morgan fingerprint density at radius 2 is 1.91 bits per heavy atom. The quantitative estimate of drug-likeness (QED) is 0.642. The van der Waals surface area contributed by atoms with Gasteiger partial charge in [-0.3, -0.25) is 23.9 Å². The monoisotopic (exact) mass is 356 g/mol. The Morgan fingerprint density at radius 1 is 1.17 bits per heavy atom. The molecule has 0 spiro atoms. The molecule has 120 valence electrons. The van der Waals surface area contributed by atoms with Crippen LogP contribution in [0.5, 0.6) is 0 Å². The Bertz CT molecular complexity index is 872. The first-order chi connectivity index (χ1) is 10.9. The Balaban J connectivity index is 1.97. The van der Waals surface area contributed by atoms with Gasteiger partial charge in [0.1, 0.15) is 6.54 Å². The highest BCUT2D eigenvalue weighted by molar-refractivity contribution is 6.36. The summed E-state index contributed by atoms with van der Waals surface area (Å²) in [5.41, 5.74) is -1.15. The van der Waals surface area contributed by atoms with E-state index in [2.05, 4.69) is 0 Å². The van der Waals surface area contributed by atoms with E-state index in [1.807, 2.05) is 4.98 Å². The summed E-state index contributed by atoms with van der Waals surface area (Å²) in [5.74, 6) is -1.31. The lowest BCUT2D eigenvalue weighted by atomic mass is 10.1. The summed E-state index contributed by atoms with van der Waals surface area (Å²) >= 11 is 11.6. The van der Waals surface area contributed by atoms with E-state index < -0.39 is 36.2 Å². The fraction of sp³-hybridized carbons (Fsp3) is 0.143. The van der Waals surface area contributed by atoms with E-state index in [9.17, 15) is 19.2 Å². The molecule has 1 N–H and O–H groups in total. The largest absolute Gasteiger partial charge is 0.456 e. The first-order valence-electron chi connectivity index (χ1n) is 6.30. The Labute approximate surface area is 139 Å². The molecule has 0 unspecified atom stereocenters. The fourth-order valence-electron chi connectivity index (χ4n) is 1.69. The molecule has 0 aliphatic carbocycles.